The molecule has 2 fully saturated rings. The van der Waals surface area contributed by atoms with Crippen LogP contribution in [0.25, 0.3) is 10.9 Å². The van der Waals surface area contributed by atoms with Gasteiger partial charge in [-0.25, -0.2) is 4.79 Å². The minimum Gasteiger partial charge on any atom is -0.478 e. The molecule has 2 aliphatic rings. The van der Waals surface area contributed by atoms with E-state index in [9.17, 15) is 9.90 Å². The topological polar surface area (TPSA) is 80.7 Å². The molecule has 1 saturated carbocycles. The Kier molecular flexibility index (Phi) is 5.95. The first-order valence-electron chi connectivity index (χ1n) is 11.0. The van der Waals surface area contributed by atoms with E-state index in [1.807, 2.05) is 25.3 Å². The van der Waals surface area contributed by atoms with Crippen LogP contribution in [0.3, 0.4) is 0 Å². The van der Waals surface area contributed by atoms with E-state index in [-0.39, 0.29) is 11.5 Å². The lowest BCUT2D eigenvalue weighted by molar-refractivity contribution is -0.178. The van der Waals surface area contributed by atoms with E-state index in [2.05, 4.69) is 10.3 Å². The summed E-state index contributed by atoms with van der Waals surface area (Å²) < 4.78 is 11.8. The predicted molar refractivity (Wildman–Crippen MR) is 129 cm³/mol. The van der Waals surface area contributed by atoms with E-state index in [0.29, 0.717) is 28.9 Å². The molecule has 8 heteroatoms. The largest absolute Gasteiger partial charge is 0.478 e. The summed E-state index contributed by atoms with van der Waals surface area (Å²) in [5.74, 6) is -1.28. The van der Waals surface area contributed by atoms with E-state index < -0.39 is 11.8 Å². The number of rotatable bonds is 4. The SMILES string of the molecule is Cc1cc(Cl)cc(C(=O)O)c1Nc1c(C2CCC3(CC2)OCCO3)cnc2ccc(Cl)cc12. The number of fused-ring (bicyclic) bond motifs is 1. The smallest absolute Gasteiger partial charge is 0.337 e. The molecule has 5 rings (SSSR count). The van der Waals surface area contributed by atoms with E-state index in [1.54, 1.807) is 12.1 Å². The van der Waals surface area contributed by atoms with Gasteiger partial charge in [-0.05, 0) is 67.1 Å². The van der Waals surface area contributed by atoms with Crippen molar-refractivity contribution in [2.45, 2.75) is 44.3 Å². The number of anilines is 2. The van der Waals surface area contributed by atoms with Crippen molar-refractivity contribution in [3.05, 3.63) is 63.3 Å². The molecule has 0 bridgehead atoms. The van der Waals surface area contributed by atoms with Gasteiger partial charge in [-0.15, -0.1) is 0 Å². The standard InChI is InChI=1S/C25H24Cl2N2O4/c1-14-10-17(27)12-19(24(30)31)22(14)29-23-18-11-16(26)2-3-21(18)28-13-20(23)15-4-6-25(7-5-15)32-8-9-33-25/h2-3,10-13,15H,4-9H2,1H3,(H,28,29)(H,30,31). The third-order valence-electron chi connectivity index (χ3n) is 6.64. The first kappa shape index (κ1) is 22.4. The van der Waals surface area contributed by atoms with E-state index in [1.165, 1.54) is 6.07 Å². The lowest BCUT2D eigenvalue weighted by atomic mass is 9.80. The second-order valence-corrected chi connectivity index (χ2v) is 9.58. The maximum atomic E-state index is 12.0. The molecule has 3 aromatic rings. The van der Waals surface area contributed by atoms with Crippen LogP contribution in [0.2, 0.25) is 10.0 Å². The third-order valence-corrected chi connectivity index (χ3v) is 7.09. The van der Waals surface area contributed by atoms with Crippen molar-refractivity contribution in [1.82, 2.24) is 4.98 Å². The van der Waals surface area contributed by atoms with Crippen LogP contribution in [-0.4, -0.2) is 35.1 Å². The Morgan fingerprint density at radius 1 is 1.09 bits per heavy atom. The van der Waals surface area contributed by atoms with Gasteiger partial charge in [0.15, 0.2) is 5.79 Å². The van der Waals surface area contributed by atoms with Crippen molar-refractivity contribution in [3.63, 3.8) is 0 Å². The normalized spacial score (nSPS) is 18.2. The number of nitrogens with one attached hydrogen (secondary N) is 1. The number of carboxylic acids is 1. The lowest BCUT2D eigenvalue weighted by Gasteiger charge is -2.36. The number of carbonyl (C=O) groups is 1. The first-order chi connectivity index (χ1) is 15.8. The summed E-state index contributed by atoms with van der Waals surface area (Å²) in [4.78, 5) is 16.7. The van der Waals surface area contributed by atoms with Gasteiger partial charge in [-0.1, -0.05) is 23.2 Å². The first-order valence-corrected chi connectivity index (χ1v) is 11.8. The summed E-state index contributed by atoms with van der Waals surface area (Å²) in [6.07, 6.45) is 5.28. The van der Waals surface area contributed by atoms with Crippen LogP contribution < -0.4 is 5.32 Å². The van der Waals surface area contributed by atoms with Gasteiger partial charge in [-0.3, -0.25) is 4.98 Å². The molecule has 2 aromatic carbocycles. The Labute approximate surface area is 201 Å². The zero-order valence-corrected chi connectivity index (χ0v) is 19.7. The molecule has 1 aliphatic heterocycles. The Morgan fingerprint density at radius 2 is 1.82 bits per heavy atom. The van der Waals surface area contributed by atoms with Crippen LogP contribution in [-0.2, 0) is 9.47 Å². The highest BCUT2D eigenvalue weighted by molar-refractivity contribution is 6.32. The summed E-state index contributed by atoms with van der Waals surface area (Å²) in [6.45, 7) is 3.12. The molecule has 1 spiro atoms. The molecular weight excluding hydrogens is 463 g/mol. The highest BCUT2D eigenvalue weighted by Gasteiger charge is 2.41. The van der Waals surface area contributed by atoms with Gasteiger partial charge >= 0.3 is 5.97 Å². The van der Waals surface area contributed by atoms with E-state index >= 15 is 0 Å². The average Bonchev–Trinajstić information content (AvgIpc) is 3.24. The molecule has 6 nitrogen and oxygen atoms in total. The summed E-state index contributed by atoms with van der Waals surface area (Å²) in [7, 11) is 0. The van der Waals surface area contributed by atoms with Crippen LogP contribution in [0.5, 0.6) is 0 Å². The van der Waals surface area contributed by atoms with E-state index in [0.717, 1.165) is 53.4 Å². The second kappa shape index (κ2) is 8.76. The second-order valence-electron chi connectivity index (χ2n) is 8.71. The molecule has 1 saturated heterocycles. The van der Waals surface area contributed by atoms with Gasteiger partial charge in [0.05, 0.1) is 35.7 Å². The molecule has 1 aromatic heterocycles. The van der Waals surface area contributed by atoms with Gasteiger partial charge in [-0.2, -0.15) is 0 Å². The molecular formula is C25H24Cl2N2O4. The molecule has 1 aliphatic carbocycles. The third kappa shape index (κ3) is 4.28. The van der Waals surface area contributed by atoms with Gasteiger partial charge in [0.25, 0.3) is 0 Å². The number of halogens is 2. The predicted octanol–water partition coefficient (Wildman–Crippen LogP) is 6.69. The number of nitrogens with zero attached hydrogens (tertiary/aromatic N) is 1. The summed E-state index contributed by atoms with van der Waals surface area (Å²) in [5, 5.41) is 15.1. The van der Waals surface area contributed by atoms with Crippen LogP contribution in [0.4, 0.5) is 11.4 Å². The van der Waals surface area contributed by atoms with Crippen LogP contribution >= 0.6 is 23.2 Å². The zero-order chi connectivity index (χ0) is 23.2. The monoisotopic (exact) mass is 486 g/mol. The molecule has 0 unspecified atom stereocenters. The summed E-state index contributed by atoms with van der Waals surface area (Å²) in [6, 6.07) is 8.76. The lowest BCUT2D eigenvalue weighted by Crippen LogP contribution is -2.34. The quantitative estimate of drug-likeness (QED) is 0.427. The van der Waals surface area contributed by atoms with Crippen LogP contribution in [0, 0.1) is 6.92 Å². The van der Waals surface area contributed by atoms with Crippen molar-refractivity contribution in [2.24, 2.45) is 0 Å². The molecule has 0 amide bonds. The van der Waals surface area contributed by atoms with Crippen molar-refractivity contribution in [3.8, 4) is 0 Å². The molecule has 2 heterocycles. The van der Waals surface area contributed by atoms with Crippen molar-refractivity contribution in [2.75, 3.05) is 18.5 Å². The molecule has 0 atom stereocenters. The number of aryl methyl sites for hydroxylation is 1. The fourth-order valence-corrected chi connectivity index (χ4v) is 5.43. The zero-order valence-electron chi connectivity index (χ0n) is 18.2. The average molecular weight is 487 g/mol. The van der Waals surface area contributed by atoms with Gasteiger partial charge in [0, 0.05) is 34.5 Å². The fourth-order valence-electron chi connectivity index (χ4n) is 4.99. The number of aromatic nitrogens is 1. The number of benzene rings is 2. The highest BCUT2D eigenvalue weighted by Crippen LogP contribution is 2.46. The molecule has 172 valence electrons. The maximum absolute atomic E-state index is 12.0. The number of pyridine rings is 1. The van der Waals surface area contributed by atoms with Gasteiger partial charge < -0.3 is 19.9 Å². The van der Waals surface area contributed by atoms with Gasteiger partial charge in [0.2, 0.25) is 0 Å². The van der Waals surface area contributed by atoms with Gasteiger partial charge in [0.1, 0.15) is 0 Å². The molecule has 33 heavy (non-hydrogen) atoms. The maximum Gasteiger partial charge on any atom is 0.337 e. The Bertz CT molecular complexity index is 1230. The number of hydrogen-bond acceptors (Lipinski definition) is 5. The Hall–Kier alpha value is -2.38. The number of aromatic carboxylic acids is 1. The molecule has 2 N–H and O–H groups in total. The Balaban J connectivity index is 1.60. The Morgan fingerprint density at radius 3 is 2.52 bits per heavy atom. The van der Waals surface area contributed by atoms with Crippen molar-refractivity contribution in [1.29, 1.82) is 0 Å². The van der Waals surface area contributed by atoms with Crippen molar-refractivity contribution >= 4 is 51.4 Å². The van der Waals surface area contributed by atoms with Crippen LogP contribution in [0.15, 0.2) is 36.5 Å². The minimum atomic E-state index is -1.05. The number of ether oxygens (including phenoxy) is 2. The summed E-state index contributed by atoms with van der Waals surface area (Å²) in [5.41, 5.74) is 4.01. The minimum absolute atomic E-state index is 0.119. The highest BCUT2D eigenvalue weighted by atomic mass is 35.5. The number of hydrogen-bond donors (Lipinski definition) is 2. The number of carboxylic acid groups (broad SMARTS) is 1. The summed E-state index contributed by atoms with van der Waals surface area (Å²) >= 11 is 12.5. The van der Waals surface area contributed by atoms with Crippen molar-refractivity contribution < 1.29 is 19.4 Å². The van der Waals surface area contributed by atoms with Crippen LogP contribution in [0.1, 0.15) is 53.1 Å². The fraction of sp³-hybridized carbons (Fsp3) is 0.360. The van der Waals surface area contributed by atoms with E-state index in [4.69, 9.17) is 32.7 Å². The molecule has 0 radical (unpaired) electrons.